The molecular formula is C24H30N2O3. The topological polar surface area (TPSA) is 42.0 Å². The van der Waals surface area contributed by atoms with Crippen LogP contribution in [0, 0.1) is 0 Å². The van der Waals surface area contributed by atoms with Crippen LogP contribution >= 0.6 is 0 Å². The van der Waals surface area contributed by atoms with E-state index < -0.39 is 0 Å². The minimum Gasteiger partial charge on any atom is -0.410 e. The average Bonchev–Trinajstić information content (AvgIpc) is 2.98. The van der Waals surface area contributed by atoms with Gasteiger partial charge in [0.05, 0.1) is 0 Å². The number of rotatable bonds is 4. The third-order valence-electron chi connectivity index (χ3n) is 6.07. The van der Waals surface area contributed by atoms with E-state index in [1.165, 1.54) is 16.8 Å². The first-order chi connectivity index (χ1) is 13.9. The van der Waals surface area contributed by atoms with E-state index >= 15 is 0 Å². The van der Waals surface area contributed by atoms with Crippen molar-refractivity contribution in [1.82, 2.24) is 4.90 Å². The maximum Gasteiger partial charge on any atom is 0.415 e. The summed E-state index contributed by atoms with van der Waals surface area (Å²) in [7, 11) is 1.82. The second kappa shape index (κ2) is 8.07. The van der Waals surface area contributed by atoms with Crippen molar-refractivity contribution in [2.75, 3.05) is 31.7 Å². The summed E-state index contributed by atoms with van der Waals surface area (Å²) in [6, 6.07) is 16.7. The molecule has 5 nitrogen and oxygen atoms in total. The van der Waals surface area contributed by atoms with Crippen molar-refractivity contribution in [2.24, 2.45) is 0 Å². The fraction of sp³-hybridized carbons (Fsp3) is 0.458. The summed E-state index contributed by atoms with van der Waals surface area (Å²) in [5, 5.41) is 0. The Kier molecular flexibility index (Phi) is 5.50. The van der Waals surface area contributed by atoms with Gasteiger partial charge in [0.15, 0.2) is 0 Å². The van der Waals surface area contributed by atoms with Crippen LogP contribution in [0.3, 0.4) is 0 Å². The average molecular weight is 395 g/mol. The molecule has 2 aliphatic heterocycles. The molecule has 0 unspecified atom stereocenters. The van der Waals surface area contributed by atoms with Crippen molar-refractivity contribution in [3.63, 3.8) is 0 Å². The van der Waals surface area contributed by atoms with Gasteiger partial charge in [0, 0.05) is 50.5 Å². The Balaban J connectivity index is 1.49. The zero-order chi connectivity index (χ0) is 20.4. The number of fused-ring (bicyclic) bond motifs is 1. The fourth-order valence-electron chi connectivity index (χ4n) is 4.38. The van der Waals surface area contributed by atoms with Gasteiger partial charge in [-0.05, 0) is 42.2 Å². The highest BCUT2D eigenvalue weighted by atomic mass is 16.6. The SMILES string of the molecule is CN(C(=O)Oc1ccc2c(c1)C(C)(C)CN2Cc1ccccc1)C1CCOCC1. The van der Waals surface area contributed by atoms with E-state index in [9.17, 15) is 4.79 Å². The number of carbonyl (C=O) groups is 1. The van der Waals surface area contributed by atoms with E-state index in [4.69, 9.17) is 9.47 Å². The minimum absolute atomic E-state index is 0.000851. The van der Waals surface area contributed by atoms with E-state index in [1.54, 1.807) is 4.90 Å². The fourth-order valence-corrected chi connectivity index (χ4v) is 4.38. The number of carbonyl (C=O) groups excluding carboxylic acids is 1. The highest BCUT2D eigenvalue weighted by Crippen LogP contribution is 2.43. The number of ether oxygens (including phenoxy) is 2. The van der Waals surface area contributed by atoms with Crippen LogP contribution in [0.25, 0.3) is 0 Å². The lowest BCUT2D eigenvalue weighted by Gasteiger charge is -2.30. The molecule has 0 aromatic heterocycles. The minimum atomic E-state index is -0.297. The lowest BCUT2D eigenvalue weighted by atomic mass is 9.87. The van der Waals surface area contributed by atoms with Crippen LogP contribution in [0.5, 0.6) is 5.75 Å². The summed E-state index contributed by atoms with van der Waals surface area (Å²) in [4.78, 5) is 16.7. The summed E-state index contributed by atoms with van der Waals surface area (Å²) in [6.45, 7) is 7.71. The third kappa shape index (κ3) is 4.25. The summed E-state index contributed by atoms with van der Waals surface area (Å²) >= 11 is 0. The monoisotopic (exact) mass is 394 g/mol. The molecule has 0 spiro atoms. The number of hydrogen-bond acceptors (Lipinski definition) is 4. The van der Waals surface area contributed by atoms with Gasteiger partial charge in [-0.15, -0.1) is 0 Å². The van der Waals surface area contributed by atoms with Crippen LogP contribution in [0.1, 0.15) is 37.8 Å². The molecule has 1 fully saturated rings. The molecule has 1 amide bonds. The van der Waals surface area contributed by atoms with Crippen molar-refractivity contribution in [1.29, 1.82) is 0 Å². The summed E-state index contributed by atoms with van der Waals surface area (Å²) in [5.74, 6) is 0.613. The molecule has 2 aromatic rings. The van der Waals surface area contributed by atoms with Crippen LogP contribution in [-0.2, 0) is 16.7 Å². The molecule has 0 atom stereocenters. The largest absolute Gasteiger partial charge is 0.415 e. The van der Waals surface area contributed by atoms with E-state index in [0.29, 0.717) is 19.0 Å². The molecule has 0 N–H and O–H groups in total. The van der Waals surface area contributed by atoms with Crippen LogP contribution in [0.2, 0.25) is 0 Å². The Labute approximate surface area is 173 Å². The lowest BCUT2D eigenvalue weighted by Crippen LogP contribution is -2.42. The molecule has 1 saturated heterocycles. The Morgan fingerprint density at radius 2 is 1.90 bits per heavy atom. The van der Waals surface area contributed by atoms with Crippen molar-refractivity contribution in [3.05, 3.63) is 59.7 Å². The molecule has 0 radical (unpaired) electrons. The van der Waals surface area contributed by atoms with Crippen molar-refractivity contribution in [2.45, 2.75) is 44.7 Å². The third-order valence-corrected chi connectivity index (χ3v) is 6.07. The summed E-state index contributed by atoms with van der Waals surface area (Å²) in [5.41, 5.74) is 3.74. The number of nitrogens with zero attached hydrogens (tertiary/aromatic N) is 2. The first kappa shape index (κ1) is 19.8. The molecule has 0 saturated carbocycles. The van der Waals surface area contributed by atoms with Crippen LogP contribution in [-0.4, -0.2) is 43.8 Å². The highest BCUT2D eigenvalue weighted by Gasteiger charge is 2.35. The van der Waals surface area contributed by atoms with Crippen LogP contribution < -0.4 is 9.64 Å². The smallest absolute Gasteiger partial charge is 0.410 e. The molecule has 29 heavy (non-hydrogen) atoms. The predicted molar refractivity (Wildman–Crippen MR) is 115 cm³/mol. The molecule has 2 aliphatic rings. The Hall–Kier alpha value is -2.53. The van der Waals surface area contributed by atoms with Gasteiger partial charge in [-0.3, -0.25) is 0 Å². The van der Waals surface area contributed by atoms with Crippen LogP contribution in [0.4, 0.5) is 10.5 Å². The maximum atomic E-state index is 12.6. The summed E-state index contributed by atoms with van der Waals surface area (Å²) < 4.78 is 11.1. The molecular weight excluding hydrogens is 364 g/mol. The number of hydrogen-bond donors (Lipinski definition) is 0. The molecule has 2 heterocycles. The Bertz CT molecular complexity index is 860. The van der Waals surface area contributed by atoms with Gasteiger partial charge < -0.3 is 19.3 Å². The Morgan fingerprint density at radius 1 is 1.17 bits per heavy atom. The molecule has 0 aliphatic carbocycles. The first-order valence-corrected chi connectivity index (χ1v) is 10.4. The van der Waals surface area contributed by atoms with E-state index in [2.05, 4.69) is 49.1 Å². The van der Waals surface area contributed by atoms with Gasteiger partial charge in [0.1, 0.15) is 5.75 Å². The number of anilines is 1. The molecule has 154 valence electrons. The second-order valence-corrected chi connectivity index (χ2v) is 8.73. The standard InChI is InChI=1S/C24H30N2O3/c1-24(2)17-26(16-18-7-5-4-6-8-18)22-10-9-20(15-21(22)24)29-23(27)25(3)19-11-13-28-14-12-19/h4-10,15,19H,11-14,16-17H2,1-3H3. The van der Waals surface area contributed by atoms with Gasteiger partial charge in [0.25, 0.3) is 0 Å². The second-order valence-electron chi connectivity index (χ2n) is 8.73. The van der Waals surface area contributed by atoms with E-state index in [-0.39, 0.29) is 17.6 Å². The number of benzene rings is 2. The quantitative estimate of drug-likeness (QED) is 0.760. The van der Waals surface area contributed by atoms with Gasteiger partial charge >= 0.3 is 6.09 Å². The van der Waals surface area contributed by atoms with Gasteiger partial charge in [-0.2, -0.15) is 0 Å². The Morgan fingerprint density at radius 3 is 2.62 bits per heavy atom. The zero-order valence-corrected chi connectivity index (χ0v) is 17.6. The van der Waals surface area contributed by atoms with Gasteiger partial charge in [-0.25, -0.2) is 4.79 Å². The number of amides is 1. The highest BCUT2D eigenvalue weighted by molar-refractivity contribution is 5.72. The molecule has 2 aromatic carbocycles. The van der Waals surface area contributed by atoms with E-state index in [1.807, 2.05) is 25.2 Å². The zero-order valence-electron chi connectivity index (χ0n) is 17.6. The molecule has 5 heteroatoms. The van der Waals surface area contributed by atoms with Gasteiger partial charge in [-0.1, -0.05) is 44.2 Å². The van der Waals surface area contributed by atoms with Crippen molar-refractivity contribution in [3.8, 4) is 5.75 Å². The molecule has 4 rings (SSSR count). The normalized spacial score (nSPS) is 18.4. The predicted octanol–water partition coefficient (Wildman–Crippen LogP) is 4.59. The maximum absolute atomic E-state index is 12.6. The van der Waals surface area contributed by atoms with E-state index in [0.717, 1.165) is 25.9 Å². The van der Waals surface area contributed by atoms with Gasteiger partial charge in [0.2, 0.25) is 0 Å². The summed E-state index contributed by atoms with van der Waals surface area (Å²) in [6.07, 6.45) is 1.42. The lowest BCUT2D eigenvalue weighted by molar-refractivity contribution is 0.0454. The van der Waals surface area contributed by atoms with Crippen molar-refractivity contribution < 1.29 is 14.3 Å². The first-order valence-electron chi connectivity index (χ1n) is 10.4. The van der Waals surface area contributed by atoms with Crippen LogP contribution in [0.15, 0.2) is 48.5 Å². The molecule has 0 bridgehead atoms. The van der Waals surface area contributed by atoms with Crippen molar-refractivity contribution >= 4 is 11.8 Å².